The first-order chi connectivity index (χ1) is 8.29. The molecule has 0 aromatic carbocycles. The summed E-state index contributed by atoms with van der Waals surface area (Å²) in [6, 6.07) is 5.54. The van der Waals surface area contributed by atoms with Crippen LogP contribution in [0.1, 0.15) is 6.42 Å². The van der Waals surface area contributed by atoms with E-state index in [4.69, 9.17) is 5.73 Å². The standard InChI is InChI=1S/C10H11N5OS/c11-5-4-8(16)13-10-15-14-9(17-10)7-3-1-2-6-12-7/h1-3,6H,4-5,11H2,(H,13,15,16). The summed E-state index contributed by atoms with van der Waals surface area (Å²) in [5, 5.41) is 11.6. The fourth-order valence-electron chi connectivity index (χ4n) is 1.18. The zero-order valence-corrected chi connectivity index (χ0v) is 9.78. The normalized spacial score (nSPS) is 10.2. The van der Waals surface area contributed by atoms with Crippen LogP contribution < -0.4 is 11.1 Å². The van der Waals surface area contributed by atoms with Crippen molar-refractivity contribution < 1.29 is 4.79 Å². The molecule has 2 heterocycles. The van der Waals surface area contributed by atoms with Gasteiger partial charge in [0, 0.05) is 19.2 Å². The summed E-state index contributed by atoms with van der Waals surface area (Å²) < 4.78 is 0. The van der Waals surface area contributed by atoms with Gasteiger partial charge in [0.15, 0.2) is 5.01 Å². The van der Waals surface area contributed by atoms with Gasteiger partial charge in [0.2, 0.25) is 11.0 Å². The van der Waals surface area contributed by atoms with Crippen molar-refractivity contribution in [1.82, 2.24) is 15.2 Å². The Kier molecular flexibility index (Phi) is 3.73. The number of carbonyl (C=O) groups is 1. The summed E-state index contributed by atoms with van der Waals surface area (Å²) in [4.78, 5) is 15.4. The fourth-order valence-corrected chi connectivity index (χ4v) is 1.92. The molecule has 2 aromatic rings. The highest BCUT2D eigenvalue weighted by molar-refractivity contribution is 7.18. The van der Waals surface area contributed by atoms with E-state index in [0.717, 1.165) is 5.69 Å². The maximum Gasteiger partial charge on any atom is 0.227 e. The lowest BCUT2D eigenvalue weighted by Gasteiger charge is -1.96. The summed E-state index contributed by atoms with van der Waals surface area (Å²) in [5.41, 5.74) is 6.02. The second-order valence-corrected chi connectivity index (χ2v) is 4.19. The largest absolute Gasteiger partial charge is 0.330 e. The van der Waals surface area contributed by atoms with E-state index < -0.39 is 0 Å². The maximum absolute atomic E-state index is 11.3. The van der Waals surface area contributed by atoms with E-state index in [1.54, 1.807) is 6.20 Å². The molecule has 0 aliphatic carbocycles. The van der Waals surface area contributed by atoms with E-state index in [0.29, 0.717) is 16.7 Å². The van der Waals surface area contributed by atoms with Crippen molar-refractivity contribution in [1.29, 1.82) is 0 Å². The van der Waals surface area contributed by atoms with E-state index >= 15 is 0 Å². The monoisotopic (exact) mass is 249 g/mol. The Hall–Kier alpha value is -1.86. The van der Waals surface area contributed by atoms with E-state index in [2.05, 4.69) is 20.5 Å². The van der Waals surface area contributed by atoms with Gasteiger partial charge in [0.1, 0.15) is 5.69 Å². The first-order valence-electron chi connectivity index (χ1n) is 5.04. The Morgan fingerprint density at radius 3 is 3.00 bits per heavy atom. The molecule has 0 atom stereocenters. The Labute approximate surface area is 102 Å². The zero-order valence-electron chi connectivity index (χ0n) is 8.96. The third-order valence-electron chi connectivity index (χ3n) is 1.93. The minimum atomic E-state index is -0.156. The average Bonchev–Trinajstić information content (AvgIpc) is 2.79. The molecule has 2 aromatic heterocycles. The molecule has 6 nitrogen and oxygen atoms in total. The topological polar surface area (TPSA) is 93.8 Å². The van der Waals surface area contributed by atoms with Crippen LogP contribution in [0.15, 0.2) is 24.4 Å². The Morgan fingerprint density at radius 1 is 1.41 bits per heavy atom. The van der Waals surface area contributed by atoms with Crippen LogP contribution >= 0.6 is 11.3 Å². The summed E-state index contributed by atoms with van der Waals surface area (Å²) in [7, 11) is 0. The van der Waals surface area contributed by atoms with Crippen LogP contribution in [0.5, 0.6) is 0 Å². The Bertz CT molecular complexity index is 498. The molecule has 7 heteroatoms. The van der Waals surface area contributed by atoms with Crippen molar-refractivity contribution in [2.24, 2.45) is 5.73 Å². The molecule has 17 heavy (non-hydrogen) atoms. The predicted octanol–water partition coefficient (Wildman–Crippen LogP) is 0.887. The van der Waals surface area contributed by atoms with Crippen molar-refractivity contribution in [3.8, 4) is 10.7 Å². The van der Waals surface area contributed by atoms with Crippen LogP contribution in [0.2, 0.25) is 0 Å². The van der Waals surface area contributed by atoms with Gasteiger partial charge < -0.3 is 11.1 Å². The lowest BCUT2D eigenvalue weighted by atomic mass is 10.4. The predicted molar refractivity (Wildman–Crippen MR) is 65.4 cm³/mol. The lowest BCUT2D eigenvalue weighted by Crippen LogP contribution is -2.15. The number of amides is 1. The first-order valence-corrected chi connectivity index (χ1v) is 5.86. The molecule has 0 unspecified atom stereocenters. The summed E-state index contributed by atoms with van der Waals surface area (Å²) in [6.07, 6.45) is 1.96. The van der Waals surface area contributed by atoms with Crippen LogP contribution in [0, 0.1) is 0 Å². The molecular formula is C10H11N5OS. The van der Waals surface area contributed by atoms with Gasteiger partial charge >= 0.3 is 0 Å². The molecule has 0 bridgehead atoms. The van der Waals surface area contributed by atoms with Gasteiger partial charge in [0.05, 0.1) is 0 Å². The molecule has 2 rings (SSSR count). The van der Waals surface area contributed by atoms with E-state index in [1.807, 2.05) is 18.2 Å². The number of nitrogens with zero attached hydrogens (tertiary/aromatic N) is 3. The smallest absolute Gasteiger partial charge is 0.227 e. The first kappa shape index (κ1) is 11.6. The summed E-state index contributed by atoms with van der Waals surface area (Å²) in [6.45, 7) is 0.317. The van der Waals surface area contributed by atoms with Crippen molar-refractivity contribution in [2.75, 3.05) is 11.9 Å². The number of nitrogens with two attached hydrogens (primary N) is 1. The average molecular weight is 249 g/mol. The maximum atomic E-state index is 11.3. The van der Waals surface area contributed by atoms with Gasteiger partial charge in [-0.15, -0.1) is 10.2 Å². The van der Waals surface area contributed by atoms with Gasteiger partial charge in [-0.1, -0.05) is 17.4 Å². The number of hydrogen-bond donors (Lipinski definition) is 2. The van der Waals surface area contributed by atoms with Gasteiger partial charge in [-0.2, -0.15) is 0 Å². The number of rotatable bonds is 4. The molecule has 0 aliphatic rings. The highest BCUT2D eigenvalue weighted by Crippen LogP contribution is 2.24. The molecule has 88 valence electrons. The van der Waals surface area contributed by atoms with Crippen LogP contribution in [0.25, 0.3) is 10.7 Å². The summed E-state index contributed by atoms with van der Waals surface area (Å²) in [5.74, 6) is -0.156. The zero-order chi connectivity index (χ0) is 12.1. The van der Waals surface area contributed by atoms with Crippen molar-refractivity contribution in [3.05, 3.63) is 24.4 Å². The van der Waals surface area contributed by atoms with E-state index in [-0.39, 0.29) is 12.3 Å². The molecule has 0 fully saturated rings. The fraction of sp³-hybridized carbons (Fsp3) is 0.200. The second kappa shape index (κ2) is 5.46. The molecule has 0 aliphatic heterocycles. The molecular weight excluding hydrogens is 238 g/mol. The number of pyridine rings is 1. The van der Waals surface area contributed by atoms with Crippen LogP contribution in [-0.2, 0) is 4.79 Å². The summed E-state index contributed by atoms with van der Waals surface area (Å²) >= 11 is 1.28. The van der Waals surface area contributed by atoms with Crippen LogP contribution in [0.4, 0.5) is 5.13 Å². The molecule has 0 radical (unpaired) electrons. The minimum Gasteiger partial charge on any atom is -0.330 e. The second-order valence-electron chi connectivity index (χ2n) is 3.21. The van der Waals surface area contributed by atoms with Crippen LogP contribution in [0.3, 0.4) is 0 Å². The number of anilines is 1. The quantitative estimate of drug-likeness (QED) is 0.839. The van der Waals surface area contributed by atoms with Gasteiger partial charge in [-0.25, -0.2) is 0 Å². The van der Waals surface area contributed by atoms with Gasteiger partial charge in [-0.3, -0.25) is 9.78 Å². The SMILES string of the molecule is NCCC(=O)Nc1nnc(-c2ccccn2)s1. The Balaban J connectivity index is 2.09. The van der Waals surface area contributed by atoms with Crippen molar-refractivity contribution >= 4 is 22.4 Å². The highest BCUT2D eigenvalue weighted by atomic mass is 32.1. The third kappa shape index (κ3) is 3.05. The van der Waals surface area contributed by atoms with Crippen LogP contribution in [-0.4, -0.2) is 27.6 Å². The minimum absolute atomic E-state index is 0.156. The lowest BCUT2D eigenvalue weighted by molar-refractivity contribution is -0.116. The number of aromatic nitrogens is 3. The molecule has 3 N–H and O–H groups in total. The molecule has 0 saturated carbocycles. The molecule has 0 spiro atoms. The van der Waals surface area contributed by atoms with E-state index in [1.165, 1.54) is 11.3 Å². The van der Waals surface area contributed by atoms with Crippen molar-refractivity contribution in [2.45, 2.75) is 6.42 Å². The Morgan fingerprint density at radius 2 is 2.29 bits per heavy atom. The molecule has 1 amide bonds. The van der Waals surface area contributed by atoms with Gasteiger partial charge in [-0.05, 0) is 12.1 Å². The molecule has 0 saturated heterocycles. The number of carbonyl (C=O) groups excluding carboxylic acids is 1. The van der Waals surface area contributed by atoms with Gasteiger partial charge in [0.25, 0.3) is 0 Å². The number of hydrogen-bond acceptors (Lipinski definition) is 6. The van der Waals surface area contributed by atoms with Crippen molar-refractivity contribution in [3.63, 3.8) is 0 Å². The number of nitrogens with one attached hydrogen (secondary N) is 1. The third-order valence-corrected chi connectivity index (χ3v) is 2.79. The van der Waals surface area contributed by atoms with E-state index in [9.17, 15) is 4.79 Å². The highest BCUT2D eigenvalue weighted by Gasteiger charge is 2.09.